The molecule has 1 saturated carbocycles. The third-order valence-corrected chi connectivity index (χ3v) is 8.58. The Morgan fingerprint density at radius 1 is 1.15 bits per heavy atom. The first kappa shape index (κ1) is 29.7. The molecule has 0 aromatic heterocycles. The number of likely N-dealkylation sites (N-methyl/N-ethyl adjacent to an activating group) is 1. The van der Waals surface area contributed by atoms with Gasteiger partial charge in [0.15, 0.2) is 0 Å². The first-order chi connectivity index (χ1) is 18.7. The molecule has 212 valence electrons. The highest BCUT2D eigenvalue weighted by atomic mass is 35.5. The lowest BCUT2D eigenvalue weighted by Gasteiger charge is -2.38. The lowest BCUT2D eigenvalue weighted by Crippen LogP contribution is -2.49. The van der Waals surface area contributed by atoms with E-state index in [9.17, 15) is 14.7 Å². The largest absolute Gasteiger partial charge is 0.488 e. The minimum Gasteiger partial charge on any atom is -0.488 e. The summed E-state index contributed by atoms with van der Waals surface area (Å²) in [6.45, 7) is 5.45. The number of benzene rings is 2. The van der Waals surface area contributed by atoms with Crippen LogP contribution >= 0.6 is 23.2 Å². The number of fused-ring (bicyclic) bond motifs is 1. The van der Waals surface area contributed by atoms with Crippen LogP contribution in [0.4, 0.5) is 5.69 Å². The molecule has 0 bridgehead atoms. The number of carbonyl (C=O) groups excluding carboxylic acids is 2. The monoisotopic (exact) mass is 575 g/mol. The van der Waals surface area contributed by atoms with Gasteiger partial charge >= 0.3 is 0 Å². The van der Waals surface area contributed by atoms with Crippen molar-refractivity contribution in [2.24, 2.45) is 11.8 Å². The molecule has 0 radical (unpaired) electrons. The molecule has 1 heterocycles. The molecule has 9 heteroatoms. The number of hydrogen-bond donors (Lipinski definition) is 2. The van der Waals surface area contributed by atoms with E-state index in [2.05, 4.69) is 17.1 Å². The van der Waals surface area contributed by atoms with Crippen molar-refractivity contribution in [1.82, 2.24) is 9.80 Å². The number of hydrogen-bond acceptors (Lipinski definition) is 5. The van der Waals surface area contributed by atoms with E-state index in [1.807, 2.05) is 26.1 Å². The van der Waals surface area contributed by atoms with Crippen molar-refractivity contribution in [3.63, 3.8) is 0 Å². The number of aliphatic hydroxyl groups excluding tert-OH is 1. The van der Waals surface area contributed by atoms with Crippen LogP contribution in [-0.4, -0.2) is 65.6 Å². The van der Waals surface area contributed by atoms with Crippen LogP contribution in [0.5, 0.6) is 5.75 Å². The Labute approximate surface area is 241 Å². The predicted octanol–water partition coefficient (Wildman–Crippen LogP) is 5.86. The quantitative estimate of drug-likeness (QED) is 0.411. The molecule has 1 fully saturated rings. The normalized spacial score (nSPS) is 21.1. The van der Waals surface area contributed by atoms with Crippen molar-refractivity contribution in [2.75, 3.05) is 32.1 Å². The second-order valence-corrected chi connectivity index (χ2v) is 11.9. The first-order valence-electron chi connectivity index (χ1n) is 13.8. The summed E-state index contributed by atoms with van der Waals surface area (Å²) in [4.78, 5) is 30.4. The number of carbonyl (C=O) groups is 2. The average molecular weight is 577 g/mol. The van der Waals surface area contributed by atoms with Crippen LogP contribution in [0.1, 0.15) is 61.9 Å². The van der Waals surface area contributed by atoms with Crippen LogP contribution in [0.15, 0.2) is 36.4 Å². The summed E-state index contributed by atoms with van der Waals surface area (Å²) in [6.07, 6.45) is 4.89. The molecule has 0 spiro atoms. The molecule has 2 aromatic carbocycles. The topological polar surface area (TPSA) is 82.1 Å². The van der Waals surface area contributed by atoms with Crippen molar-refractivity contribution in [3.05, 3.63) is 57.6 Å². The van der Waals surface area contributed by atoms with Crippen LogP contribution in [0.25, 0.3) is 0 Å². The summed E-state index contributed by atoms with van der Waals surface area (Å²) in [6, 6.07) is 10.5. The Hall–Kier alpha value is -2.32. The summed E-state index contributed by atoms with van der Waals surface area (Å²) < 4.78 is 6.50. The molecule has 39 heavy (non-hydrogen) atoms. The molecular formula is C30H39Cl2N3O4. The number of anilines is 1. The van der Waals surface area contributed by atoms with Crippen molar-refractivity contribution >= 4 is 40.7 Å². The highest BCUT2D eigenvalue weighted by Crippen LogP contribution is 2.32. The summed E-state index contributed by atoms with van der Waals surface area (Å²) >= 11 is 12.3. The molecular weight excluding hydrogens is 537 g/mol. The van der Waals surface area contributed by atoms with Gasteiger partial charge in [0.1, 0.15) is 11.9 Å². The lowest BCUT2D eigenvalue weighted by molar-refractivity contribution is -0.120. The van der Waals surface area contributed by atoms with Gasteiger partial charge < -0.3 is 20.1 Å². The van der Waals surface area contributed by atoms with Gasteiger partial charge in [-0.3, -0.25) is 14.5 Å². The van der Waals surface area contributed by atoms with Crippen LogP contribution in [0.2, 0.25) is 10.0 Å². The second kappa shape index (κ2) is 13.4. The fraction of sp³-hybridized carbons (Fsp3) is 0.533. The van der Waals surface area contributed by atoms with Crippen molar-refractivity contribution in [1.29, 1.82) is 0 Å². The number of nitrogens with one attached hydrogen (secondary N) is 1. The minimum absolute atomic E-state index is 0.00182. The molecule has 7 nitrogen and oxygen atoms in total. The third kappa shape index (κ3) is 7.46. The fourth-order valence-corrected chi connectivity index (χ4v) is 5.77. The molecule has 1 aliphatic heterocycles. The van der Waals surface area contributed by atoms with Crippen LogP contribution in [0, 0.1) is 11.8 Å². The molecule has 4 rings (SSSR count). The van der Waals surface area contributed by atoms with Gasteiger partial charge in [-0.1, -0.05) is 55.5 Å². The molecule has 2 aliphatic rings. The standard InChI is InChI=1S/C30H39Cl2N3O4/c1-19-15-35(20(2)18-36)30(38)24-14-23(33-29(37)22-7-5-4-6-8-22)10-12-27(24)39-28(19)17-34(3)16-21-9-11-25(31)26(32)13-21/h9-14,19-20,22,28,36H,4-8,15-18H2,1-3H3,(H,33,37)/t19-,20+,28+/m1/s1. The van der Waals surface area contributed by atoms with Gasteiger partial charge in [-0.2, -0.15) is 0 Å². The predicted molar refractivity (Wildman–Crippen MR) is 156 cm³/mol. The van der Waals surface area contributed by atoms with Gasteiger partial charge in [0.2, 0.25) is 5.91 Å². The Morgan fingerprint density at radius 2 is 1.90 bits per heavy atom. The maximum atomic E-state index is 13.7. The highest BCUT2D eigenvalue weighted by Gasteiger charge is 2.34. The van der Waals surface area contributed by atoms with E-state index >= 15 is 0 Å². The fourth-order valence-electron chi connectivity index (χ4n) is 5.45. The van der Waals surface area contributed by atoms with Gasteiger partial charge in [-0.05, 0) is 62.7 Å². The number of nitrogens with zero attached hydrogens (tertiary/aromatic N) is 2. The van der Waals surface area contributed by atoms with Crippen LogP contribution in [0.3, 0.4) is 0 Å². The summed E-state index contributed by atoms with van der Waals surface area (Å²) in [5.74, 6) is 0.276. The maximum absolute atomic E-state index is 13.7. The Bertz CT molecular complexity index is 1170. The van der Waals surface area contributed by atoms with Crippen LogP contribution < -0.4 is 10.1 Å². The molecule has 3 atom stereocenters. The second-order valence-electron chi connectivity index (χ2n) is 11.1. The van der Waals surface area contributed by atoms with E-state index in [0.717, 1.165) is 31.2 Å². The minimum atomic E-state index is -0.360. The summed E-state index contributed by atoms with van der Waals surface area (Å²) in [7, 11) is 2.02. The lowest BCUT2D eigenvalue weighted by atomic mass is 9.88. The number of rotatable bonds is 8. The maximum Gasteiger partial charge on any atom is 0.258 e. The SMILES string of the molecule is C[C@@H]1CN([C@@H](C)CO)C(=O)c2cc(NC(=O)C3CCCCC3)ccc2O[C@H]1CN(C)Cc1ccc(Cl)c(Cl)c1. The molecule has 0 unspecified atom stereocenters. The molecule has 1 aliphatic carbocycles. The van der Waals surface area contributed by atoms with Crippen LogP contribution in [-0.2, 0) is 11.3 Å². The Morgan fingerprint density at radius 3 is 2.59 bits per heavy atom. The molecule has 0 saturated heterocycles. The van der Waals surface area contributed by atoms with E-state index in [1.54, 1.807) is 29.2 Å². The van der Waals surface area contributed by atoms with Crippen molar-refractivity contribution in [2.45, 2.75) is 64.6 Å². The van der Waals surface area contributed by atoms with Crippen molar-refractivity contribution < 1.29 is 19.4 Å². The summed E-state index contributed by atoms with van der Waals surface area (Å²) in [5, 5.41) is 14.0. The zero-order valence-corrected chi connectivity index (χ0v) is 24.5. The van der Waals surface area contributed by atoms with Gasteiger partial charge in [0.05, 0.1) is 28.3 Å². The smallest absolute Gasteiger partial charge is 0.258 e. The van der Waals surface area contributed by atoms with Gasteiger partial charge in [-0.25, -0.2) is 0 Å². The average Bonchev–Trinajstić information content (AvgIpc) is 2.93. The number of amides is 2. The summed E-state index contributed by atoms with van der Waals surface area (Å²) in [5.41, 5.74) is 2.01. The molecule has 2 aromatic rings. The zero-order chi connectivity index (χ0) is 28.1. The molecule has 2 N–H and O–H groups in total. The first-order valence-corrected chi connectivity index (χ1v) is 14.6. The van der Waals surface area contributed by atoms with E-state index in [-0.39, 0.29) is 42.4 Å². The van der Waals surface area contributed by atoms with E-state index in [0.29, 0.717) is 46.7 Å². The number of aliphatic hydroxyl groups is 1. The van der Waals surface area contributed by atoms with E-state index < -0.39 is 0 Å². The van der Waals surface area contributed by atoms with Gasteiger partial charge in [0.25, 0.3) is 5.91 Å². The highest BCUT2D eigenvalue weighted by molar-refractivity contribution is 6.42. The van der Waals surface area contributed by atoms with Crippen molar-refractivity contribution in [3.8, 4) is 5.75 Å². The zero-order valence-electron chi connectivity index (χ0n) is 23.0. The van der Waals surface area contributed by atoms with Gasteiger partial charge in [-0.15, -0.1) is 0 Å². The number of ether oxygens (including phenoxy) is 1. The van der Waals surface area contributed by atoms with Gasteiger partial charge in [0, 0.05) is 37.2 Å². The van der Waals surface area contributed by atoms with E-state index in [1.165, 1.54) is 6.42 Å². The number of halogens is 2. The third-order valence-electron chi connectivity index (χ3n) is 7.84. The Balaban J connectivity index is 1.56. The molecule has 2 amide bonds. The van der Waals surface area contributed by atoms with E-state index in [4.69, 9.17) is 27.9 Å². The Kier molecular flexibility index (Phi) is 10.2.